The Bertz CT molecular complexity index is 796. The van der Waals surface area contributed by atoms with Crippen molar-refractivity contribution < 1.29 is 4.74 Å². The Morgan fingerprint density at radius 3 is 2.74 bits per heavy atom. The third kappa shape index (κ3) is 3.40. The number of benzene rings is 1. The zero-order valence-corrected chi connectivity index (χ0v) is 13.6. The van der Waals surface area contributed by atoms with Crippen LogP contribution >= 0.6 is 11.3 Å². The van der Waals surface area contributed by atoms with Crippen molar-refractivity contribution in [1.29, 1.82) is 0 Å². The molecule has 1 N–H and O–H groups in total. The second-order valence-electron chi connectivity index (χ2n) is 4.84. The molecule has 0 fully saturated rings. The summed E-state index contributed by atoms with van der Waals surface area (Å²) in [6, 6.07) is 12.1. The predicted molar refractivity (Wildman–Crippen MR) is 96.0 cm³/mol. The van der Waals surface area contributed by atoms with E-state index in [0.29, 0.717) is 12.4 Å². The minimum Gasteiger partial charge on any atom is -0.481 e. The summed E-state index contributed by atoms with van der Waals surface area (Å²) in [6.45, 7) is 4.41. The van der Waals surface area contributed by atoms with Gasteiger partial charge in [-0.25, -0.2) is 9.97 Å². The molecule has 23 heavy (non-hydrogen) atoms. The molecule has 0 saturated carbocycles. The molecule has 2 heterocycles. The fraction of sp³-hybridized carbons (Fsp3) is 0.111. The zero-order valence-electron chi connectivity index (χ0n) is 12.8. The van der Waals surface area contributed by atoms with Gasteiger partial charge in [-0.3, -0.25) is 0 Å². The number of rotatable bonds is 6. The van der Waals surface area contributed by atoms with Crippen LogP contribution in [0.5, 0.6) is 5.88 Å². The van der Waals surface area contributed by atoms with Crippen LogP contribution in [-0.4, -0.2) is 23.6 Å². The van der Waals surface area contributed by atoms with Crippen LogP contribution in [0.1, 0.15) is 0 Å². The van der Waals surface area contributed by atoms with Crippen molar-refractivity contribution in [2.45, 2.75) is 0 Å². The summed E-state index contributed by atoms with van der Waals surface area (Å²) in [7, 11) is 1.61. The number of aromatic nitrogens is 2. The van der Waals surface area contributed by atoms with Crippen molar-refractivity contribution in [3.8, 4) is 28.3 Å². The second kappa shape index (κ2) is 7.07. The molecule has 0 spiro atoms. The molecule has 0 amide bonds. The number of methoxy groups -OCH3 is 1. The van der Waals surface area contributed by atoms with Crippen molar-refractivity contribution in [3.63, 3.8) is 0 Å². The van der Waals surface area contributed by atoms with E-state index in [1.807, 2.05) is 36.5 Å². The number of thiazole rings is 1. The first-order valence-electron chi connectivity index (χ1n) is 7.22. The fourth-order valence-electron chi connectivity index (χ4n) is 2.26. The summed E-state index contributed by atoms with van der Waals surface area (Å²) in [5, 5.41) is 6.17. The lowest BCUT2D eigenvalue weighted by molar-refractivity contribution is 0.398. The summed E-state index contributed by atoms with van der Waals surface area (Å²) in [6.07, 6.45) is 3.64. The molecular formula is C18H17N3OS. The smallest absolute Gasteiger partial charge is 0.212 e. The van der Waals surface area contributed by atoms with E-state index in [2.05, 4.69) is 39.4 Å². The molecule has 0 aliphatic heterocycles. The summed E-state index contributed by atoms with van der Waals surface area (Å²) < 4.78 is 5.12. The Balaban J connectivity index is 1.96. The van der Waals surface area contributed by atoms with Crippen molar-refractivity contribution in [2.75, 3.05) is 19.0 Å². The summed E-state index contributed by atoms with van der Waals surface area (Å²) in [5.41, 5.74) is 4.17. The van der Waals surface area contributed by atoms with E-state index in [1.54, 1.807) is 18.4 Å². The Kier molecular flexibility index (Phi) is 4.68. The SMILES string of the molecule is C=CCNc1nc(-c2ccccc2-c2ccc(OC)nc2)cs1. The highest BCUT2D eigenvalue weighted by molar-refractivity contribution is 7.14. The molecule has 3 rings (SSSR count). The standard InChI is InChI=1S/C18H17N3OS/c1-3-10-19-18-21-16(12-23-18)15-7-5-4-6-14(15)13-8-9-17(22-2)20-11-13/h3-9,11-12H,1,10H2,2H3,(H,19,21). The van der Waals surface area contributed by atoms with Gasteiger partial charge in [0.25, 0.3) is 0 Å². The quantitative estimate of drug-likeness (QED) is 0.680. The summed E-state index contributed by atoms with van der Waals surface area (Å²) in [5.74, 6) is 0.607. The molecule has 116 valence electrons. The molecule has 5 heteroatoms. The number of hydrogen-bond acceptors (Lipinski definition) is 5. The second-order valence-corrected chi connectivity index (χ2v) is 5.70. The van der Waals surface area contributed by atoms with Crippen molar-refractivity contribution in [3.05, 3.63) is 60.6 Å². The fourth-order valence-corrected chi connectivity index (χ4v) is 2.98. The molecule has 0 radical (unpaired) electrons. The first-order valence-corrected chi connectivity index (χ1v) is 8.10. The van der Waals surface area contributed by atoms with E-state index >= 15 is 0 Å². The van der Waals surface area contributed by atoms with Gasteiger partial charge in [0.15, 0.2) is 5.13 Å². The Labute approximate surface area is 139 Å². The van der Waals surface area contributed by atoms with Crippen LogP contribution in [0, 0.1) is 0 Å². The van der Waals surface area contributed by atoms with E-state index in [0.717, 1.165) is 27.5 Å². The predicted octanol–water partition coefficient (Wildman–Crippen LogP) is 4.48. The molecular weight excluding hydrogens is 306 g/mol. The molecule has 0 aliphatic carbocycles. The van der Waals surface area contributed by atoms with Crippen molar-refractivity contribution in [1.82, 2.24) is 9.97 Å². The molecule has 0 unspecified atom stereocenters. The Hall–Kier alpha value is -2.66. The molecule has 0 aliphatic rings. The van der Waals surface area contributed by atoms with Crippen LogP contribution in [0.15, 0.2) is 60.6 Å². The number of anilines is 1. The van der Waals surface area contributed by atoms with Gasteiger partial charge in [0.2, 0.25) is 5.88 Å². The lowest BCUT2D eigenvalue weighted by Gasteiger charge is -2.08. The van der Waals surface area contributed by atoms with Gasteiger partial charge in [0.05, 0.1) is 12.8 Å². The minimum absolute atomic E-state index is 0.607. The third-order valence-corrected chi connectivity index (χ3v) is 4.16. The van der Waals surface area contributed by atoms with E-state index in [4.69, 9.17) is 4.74 Å². The lowest BCUT2D eigenvalue weighted by Crippen LogP contribution is -1.96. The van der Waals surface area contributed by atoms with Crippen LogP contribution in [0.4, 0.5) is 5.13 Å². The highest BCUT2D eigenvalue weighted by atomic mass is 32.1. The molecule has 2 aromatic heterocycles. The van der Waals surface area contributed by atoms with Gasteiger partial charge in [0, 0.05) is 35.3 Å². The highest BCUT2D eigenvalue weighted by Gasteiger charge is 2.10. The Morgan fingerprint density at radius 2 is 2.04 bits per heavy atom. The van der Waals surface area contributed by atoms with E-state index < -0.39 is 0 Å². The van der Waals surface area contributed by atoms with Gasteiger partial charge >= 0.3 is 0 Å². The van der Waals surface area contributed by atoms with Crippen LogP contribution in [0.2, 0.25) is 0 Å². The molecule has 1 aromatic carbocycles. The van der Waals surface area contributed by atoms with Crippen LogP contribution in [-0.2, 0) is 0 Å². The maximum absolute atomic E-state index is 5.12. The normalized spacial score (nSPS) is 10.3. The molecule has 0 saturated heterocycles. The minimum atomic E-state index is 0.607. The van der Waals surface area contributed by atoms with Crippen molar-refractivity contribution >= 4 is 16.5 Å². The number of nitrogens with one attached hydrogen (secondary N) is 1. The van der Waals surface area contributed by atoms with Gasteiger partial charge in [-0.15, -0.1) is 17.9 Å². The molecule has 4 nitrogen and oxygen atoms in total. The first-order chi connectivity index (χ1) is 11.3. The van der Waals surface area contributed by atoms with Crippen LogP contribution in [0.3, 0.4) is 0 Å². The van der Waals surface area contributed by atoms with Gasteiger partial charge in [-0.05, 0) is 11.6 Å². The van der Waals surface area contributed by atoms with Gasteiger partial charge in [-0.2, -0.15) is 0 Å². The average molecular weight is 323 g/mol. The number of hydrogen-bond donors (Lipinski definition) is 1. The van der Waals surface area contributed by atoms with Gasteiger partial charge < -0.3 is 10.1 Å². The van der Waals surface area contributed by atoms with E-state index in [9.17, 15) is 0 Å². The lowest BCUT2D eigenvalue weighted by atomic mass is 9.99. The highest BCUT2D eigenvalue weighted by Crippen LogP contribution is 2.33. The molecule has 0 atom stereocenters. The molecule has 0 bridgehead atoms. The maximum Gasteiger partial charge on any atom is 0.212 e. The van der Waals surface area contributed by atoms with Crippen LogP contribution in [0.25, 0.3) is 22.4 Å². The maximum atomic E-state index is 5.12. The average Bonchev–Trinajstić information content (AvgIpc) is 3.09. The summed E-state index contributed by atoms with van der Waals surface area (Å²) >= 11 is 1.59. The van der Waals surface area contributed by atoms with Crippen LogP contribution < -0.4 is 10.1 Å². The van der Waals surface area contributed by atoms with Crippen molar-refractivity contribution in [2.24, 2.45) is 0 Å². The largest absolute Gasteiger partial charge is 0.481 e. The number of pyridine rings is 1. The zero-order chi connectivity index (χ0) is 16.1. The van der Waals surface area contributed by atoms with Gasteiger partial charge in [0.1, 0.15) is 0 Å². The van der Waals surface area contributed by atoms with E-state index in [-0.39, 0.29) is 0 Å². The number of ether oxygens (including phenoxy) is 1. The van der Waals surface area contributed by atoms with E-state index in [1.165, 1.54) is 0 Å². The monoisotopic (exact) mass is 323 g/mol. The topological polar surface area (TPSA) is 47.0 Å². The Morgan fingerprint density at radius 1 is 1.22 bits per heavy atom. The number of nitrogens with zero attached hydrogens (tertiary/aromatic N) is 2. The summed E-state index contributed by atoms with van der Waals surface area (Å²) in [4.78, 5) is 8.94. The van der Waals surface area contributed by atoms with Gasteiger partial charge in [-0.1, -0.05) is 30.3 Å². The first kappa shape index (κ1) is 15.2. The molecule has 3 aromatic rings. The third-order valence-electron chi connectivity index (χ3n) is 3.36.